The van der Waals surface area contributed by atoms with Crippen LogP contribution in [0.4, 0.5) is 9.18 Å². The Hall–Kier alpha value is -1.82. The van der Waals surface area contributed by atoms with Gasteiger partial charge in [0.15, 0.2) is 0 Å². The third kappa shape index (κ3) is 2.41. The summed E-state index contributed by atoms with van der Waals surface area (Å²) < 4.78 is 13.8. The molecule has 3 rings (SSSR count). The molecule has 0 unspecified atom stereocenters. The number of nitrogens with one attached hydrogen (secondary N) is 1. The number of halogens is 2. The average molecular weight is 327 g/mol. The van der Waals surface area contributed by atoms with Gasteiger partial charge in [0.25, 0.3) is 0 Å². The molecule has 1 saturated carbocycles. The summed E-state index contributed by atoms with van der Waals surface area (Å²) >= 11 is 5.69. The minimum Gasteiger partial charge on any atom is -0.465 e. The molecule has 1 saturated heterocycles. The quantitative estimate of drug-likeness (QED) is 0.897. The standard InChI is InChI=1S/C15H16ClFN2O3/c1-15-5-10(19(14(21)22)11(15)6-15)13(20)18-7-8-3-2-4-9(16)12(8)17/h2-4,10-11H,5-7H2,1H3,(H,18,20)(H,21,22)/t10-,11+,15-/m0/s1. The molecule has 0 spiro atoms. The Kier molecular flexibility index (Phi) is 3.51. The number of likely N-dealkylation sites (tertiary alicyclic amines) is 1. The lowest BCUT2D eigenvalue weighted by molar-refractivity contribution is -0.125. The number of fused-ring (bicyclic) bond motifs is 1. The van der Waals surface area contributed by atoms with Crippen LogP contribution in [-0.2, 0) is 11.3 Å². The first-order valence-electron chi connectivity index (χ1n) is 7.05. The highest BCUT2D eigenvalue weighted by Crippen LogP contribution is 2.59. The van der Waals surface area contributed by atoms with E-state index < -0.39 is 23.9 Å². The van der Waals surface area contributed by atoms with Crippen molar-refractivity contribution in [1.82, 2.24) is 10.2 Å². The maximum atomic E-state index is 13.8. The smallest absolute Gasteiger partial charge is 0.408 e. The Bertz CT molecular complexity index is 654. The van der Waals surface area contributed by atoms with Crippen molar-refractivity contribution in [3.63, 3.8) is 0 Å². The van der Waals surface area contributed by atoms with E-state index in [-0.39, 0.29) is 28.6 Å². The topological polar surface area (TPSA) is 69.6 Å². The fraction of sp³-hybridized carbons (Fsp3) is 0.467. The van der Waals surface area contributed by atoms with Crippen molar-refractivity contribution in [3.05, 3.63) is 34.6 Å². The van der Waals surface area contributed by atoms with E-state index in [0.29, 0.717) is 6.42 Å². The molecule has 0 aromatic heterocycles. The molecule has 3 atom stereocenters. The Morgan fingerprint density at radius 2 is 2.23 bits per heavy atom. The van der Waals surface area contributed by atoms with Crippen molar-refractivity contribution in [1.29, 1.82) is 0 Å². The third-order valence-electron chi connectivity index (χ3n) is 4.64. The fourth-order valence-electron chi connectivity index (χ4n) is 3.26. The maximum Gasteiger partial charge on any atom is 0.408 e. The molecule has 2 fully saturated rings. The van der Waals surface area contributed by atoms with Crippen molar-refractivity contribution in [2.24, 2.45) is 5.41 Å². The van der Waals surface area contributed by atoms with Gasteiger partial charge < -0.3 is 10.4 Å². The number of carboxylic acid groups (broad SMARTS) is 1. The highest BCUT2D eigenvalue weighted by atomic mass is 35.5. The molecule has 1 aromatic rings. The Labute approximate surface area is 132 Å². The predicted molar refractivity (Wildman–Crippen MR) is 78.0 cm³/mol. The molecular formula is C15H16ClFN2O3. The summed E-state index contributed by atoms with van der Waals surface area (Å²) in [4.78, 5) is 24.8. The summed E-state index contributed by atoms with van der Waals surface area (Å²) in [5.41, 5.74) is 0.180. The monoisotopic (exact) mass is 326 g/mol. The molecule has 1 aliphatic carbocycles. The Morgan fingerprint density at radius 1 is 1.50 bits per heavy atom. The van der Waals surface area contributed by atoms with E-state index in [1.807, 2.05) is 6.92 Å². The van der Waals surface area contributed by atoms with Crippen LogP contribution >= 0.6 is 11.6 Å². The van der Waals surface area contributed by atoms with Crippen LogP contribution < -0.4 is 5.32 Å². The number of benzene rings is 1. The first-order chi connectivity index (χ1) is 10.3. The molecule has 1 heterocycles. The van der Waals surface area contributed by atoms with Crippen molar-refractivity contribution >= 4 is 23.6 Å². The van der Waals surface area contributed by atoms with E-state index in [0.717, 1.165) is 6.42 Å². The summed E-state index contributed by atoms with van der Waals surface area (Å²) in [5.74, 6) is -0.962. The molecule has 2 aliphatic rings. The second-order valence-corrected chi connectivity index (χ2v) is 6.62. The number of piperidine rings is 1. The summed E-state index contributed by atoms with van der Waals surface area (Å²) in [6.45, 7) is 1.97. The molecule has 1 aliphatic heterocycles. The lowest BCUT2D eigenvalue weighted by atomic mass is 10.0. The molecule has 5 nitrogen and oxygen atoms in total. The van der Waals surface area contributed by atoms with Crippen LogP contribution in [-0.4, -0.2) is 34.1 Å². The molecule has 0 bridgehead atoms. The molecule has 2 amide bonds. The van der Waals surface area contributed by atoms with Gasteiger partial charge in [-0.25, -0.2) is 9.18 Å². The average Bonchev–Trinajstić information content (AvgIpc) is 3.01. The Balaban J connectivity index is 1.67. The highest BCUT2D eigenvalue weighted by Gasteiger charge is 2.64. The zero-order valence-electron chi connectivity index (χ0n) is 12.0. The number of nitrogens with zero attached hydrogens (tertiary/aromatic N) is 1. The van der Waals surface area contributed by atoms with E-state index in [9.17, 15) is 19.1 Å². The normalized spacial score (nSPS) is 29.1. The summed E-state index contributed by atoms with van der Waals surface area (Å²) in [7, 11) is 0. The number of rotatable bonds is 3. The summed E-state index contributed by atoms with van der Waals surface area (Å²) in [5, 5.41) is 11.9. The number of amides is 2. The zero-order valence-corrected chi connectivity index (χ0v) is 12.7. The van der Waals surface area contributed by atoms with Crippen molar-refractivity contribution in [2.75, 3.05) is 0 Å². The van der Waals surface area contributed by atoms with E-state index >= 15 is 0 Å². The first kappa shape index (κ1) is 15.1. The lowest BCUT2D eigenvalue weighted by Crippen LogP contribution is -2.47. The molecule has 22 heavy (non-hydrogen) atoms. The fourth-order valence-corrected chi connectivity index (χ4v) is 3.46. The third-order valence-corrected chi connectivity index (χ3v) is 4.94. The summed E-state index contributed by atoms with van der Waals surface area (Å²) in [6.07, 6.45) is 0.222. The van der Waals surface area contributed by atoms with Gasteiger partial charge in [-0.05, 0) is 24.3 Å². The van der Waals surface area contributed by atoms with Crippen molar-refractivity contribution in [3.8, 4) is 0 Å². The van der Waals surface area contributed by atoms with Gasteiger partial charge in [-0.1, -0.05) is 30.7 Å². The predicted octanol–water partition coefficient (Wildman–Crippen LogP) is 2.63. The largest absolute Gasteiger partial charge is 0.465 e. The molecule has 0 radical (unpaired) electrons. The van der Waals surface area contributed by atoms with Crippen molar-refractivity contribution < 1.29 is 19.1 Å². The van der Waals surface area contributed by atoms with Gasteiger partial charge >= 0.3 is 6.09 Å². The minimum atomic E-state index is -1.08. The minimum absolute atomic E-state index is 0.00599. The van der Waals surface area contributed by atoms with Crippen LogP contribution in [0.2, 0.25) is 5.02 Å². The van der Waals surface area contributed by atoms with Crippen LogP contribution in [0.5, 0.6) is 0 Å². The van der Waals surface area contributed by atoms with Gasteiger partial charge in [-0.2, -0.15) is 0 Å². The van der Waals surface area contributed by atoms with E-state index in [1.165, 1.54) is 17.0 Å². The van der Waals surface area contributed by atoms with Gasteiger partial charge in [0, 0.05) is 18.2 Å². The van der Waals surface area contributed by atoms with E-state index in [2.05, 4.69) is 5.32 Å². The van der Waals surface area contributed by atoms with Crippen LogP contribution in [0.1, 0.15) is 25.3 Å². The second kappa shape index (κ2) is 5.12. The highest BCUT2D eigenvalue weighted by molar-refractivity contribution is 6.30. The van der Waals surface area contributed by atoms with Crippen LogP contribution in [0.15, 0.2) is 18.2 Å². The first-order valence-corrected chi connectivity index (χ1v) is 7.43. The van der Waals surface area contributed by atoms with Crippen LogP contribution in [0.25, 0.3) is 0 Å². The van der Waals surface area contributed by atoms with E-state index in [1.54, 1.807) is 6.07 Å². The zero-order chi connectivity index (χ0) is 16.1. The van der Waals surface area contributed by atoms with Gasteiger partial charge in [-0.15, -0.1) is 0 Å². The van der Waals surface area contributed by atoms with E-state index in [4.69, 9.17) is 11.6 Å². The van der Waals surface area contributed by atoms with Gasteiger partial charge in [0.2, 0.25) is 5.91 Å². The molecule has 118 valence electrons. The SMILES string of the molecule is C[C@@]12C[C@@H](C(=O)NCc3cccc(Cl)c3F)N(C(=O)O)[C@@H]1C2. The Morgan fingerprint density at radius 3 is 2.91 bits per heavy atom. The molecule has 7 heteroatoms. The number of carbonyl (C=O) groups excluding carboxylic acids is 1. The van der Waals surface area contributed by atoms with Gasteiger partial charge in [0.05, 0.1) is 5.02 Å². The maximum absolute atomic E-state index is 13.8. The second-order valence-electron chi connectivity index (χ2n) is 6.21. The lowest BCUT2D eigenvalue weighted by Gasteiger charge is -2.23. The van der Waals surface area contributed by atoms with Gasteiger partial charge in [-0.3, -0.25) is 9.69 Å². The number of carbonyl (C=O) groups is 2. The molecule has 2 N–H and O–H groups in total. The number of hydrogen-bond acceptors (Lipinski definition) is 2. The van der Waals surface area contributed by atoms with Crippen LogP contribution in [0, 0.1) is 11.2 Å². The molecule has 1 aromatic carbocycles. The summed E-state index contributed by atoms with van der Waals surface area (Å²) in [6, 6.07) is 3.78. The van der Waals surface area contributed by atoms with Crippen molar-refractivity contribution in [2.45, 2.75) is 38.4 Å². The number of hydrogen-bond donors (Lipinski definition) is 2. The van der Waals surface area contributed by atoms with Gasteiger partial charge in [0.1, 0.15) is 11.9 Å². The molecular weight excluding hydrogens is 311 g/mol. The van der Waals surface area contributed by atoms with Crippen LogP contribution in [0.3, 0.4) is 0 Å².